The van der Waals surface area contributed by atoms with Crippen LogP contribution < -0.4 is 25.4 Å². The summed E-state index contributed by atoms with van der Waals surface area (Å²) in [5, 5.41) is 18.7. The summed E-state index contributed by atoms with van der Waals surface area (Å²) in [6.45, 7) is 2.60. The third-order valence-electron chi connectivity index (χ3n) is 7.47. The van der Waals surface area contributed by atoms with Crippen LogP contribution in [0.5, 0.6) is 11.5 Å². The van der Waals surface area contributed by atoms with Crippen molar-refractivity contribution in [1.29, 1.82) is 0 Å². The fourth-order valence-corrected chi connectivity index (χ4v) is 5.37. The van der Waals surface area contributed by atoms with E-state index in [1.54, 1.807) is 25.2 Å². The summed E-state index contributed by atoms with van der Waals surface area (Å²) in [6.07, 6.45) is 2.40. The van der Waals surface area contributed by atoms with E-state index in [1.165, 1.54) is 0 Å². The van der Waals surface area contributed by atoms with E-state index < -0.39 is 6.09 Å². The van der Waals surface area contributed by atoms with Gasteiger partial charge >= 0.3 is 6.09 Å². The number of methoxy groups -OCH3 is 2. The lowest BCUT2D eigenvalue weighted by atomic mass is 9.90. The maximum Gasteiger partial charge on any atom is 0.404 e. The number of nitrogens with zero attached hydrogens (tertiary/aromatic N) is 3. The van der Waals surface area contributed by atoms with E-state index in [2.05, 4.69) is 16.0 Å². The van der Waals surface area contributed by atoms with Gasteiger partial charge in [-0.1, -0.05) is 31.0 Å². The molecule has 1 fully saturated rings. The Morgan fingerprint density at radius 2 is 1.85 bits per heavy atom. The molecule has 1 saturated carbocycles. The number of carboxylic acid groups (broad SMARTS) is 1. The molecule has 1 aliphatic carbocycles. The number of carbonyl (C=O) groups excluding carboxylic acids is 1. The van der Waals surface area contributed by atoms with Crippen LogP contribution in [0.4, 0.5) is 22.2 Å². The molecule has 0 saturated heterocycles. The number of rotatable bonds is 9. The van der Waals surface area contributed by atoms with Crippen LogP contribution in [-0.4, -0.2) is 58.3 Å². The first-order valence-corrected chi connectivity index (χ1v) is 13.4. The van der Waals surface area contributed by atoms with Gasteiger partial charge in [0.1, 0.15) is 22.9 Å². The SMILES string of the molecule is COc1ccc(CN2Cc3nc(N[C@@H]4CCCC[C@@H]4NC(=O)O)nc(Nc4ccccc4C)c3C2=O)c(OC)c1. The molecule has 11 nitrogen and oxygen atoms in total. The van der Waals surface area contributed by atoms with Crippen LogP contribution in [0.15, 0.2) is 42.5 Å². The van der Waals surface area contributed by atoms with Gasteiger partial charge in [-0.05, 0) is 43.5 Å². The van der Waals surface area contributed by atoms with Crippen molar-refractivity contribution in [3.63, 3.8) is 0 Å². The lowest BCUT2D eigenvalue weighted by Crippen LogP contribution is -2.48. The molecule has 11 heteroatoms. The van der Waals surface area contributed by atoms with Crippen molar-refractivity contribution in [2.24, 2.45) is 0 Å². The third-order valence-corrected chi connectivity index (χ3v) is 7.47. The summed E-state index contributed by atoms with van der Waals surface area (Å²) in [5.74, 6) is 1.88. The lowest BCUT2D eigenvalue weighted by Gasteiger charge is -2.32. The smallest absolute Gasteiger partial charge is 0.404 e. The largest absolute Gasteiger partial charge is 0.497 e. The Hall–Kier alpha value is -4.54. The molecule has 2 aromatic carbocycles. The highest BCUT2D eigenvalue weighted by atomic mass is 16.5. The molecule has 0 unspecified atom stereocenters. The van der Waals surface area contributed by atoms with Crippen molar-refractivity contribution in [3.05, 3.63) is 64.8 Å². The Morgan fingerprint density at radius 3 is 2.58 bits per heavy atom. The zero-order valence-electron chi connectivity index (χ0n) is 22.9. The third kappa shape index (κ3) is 5.73. The van der Waals surface area contributed by atoms with Crippen molar-refractivity contribution in [1.82, 2.24) is 20.2 Å². The second kappa shape index (κ2) is 11.7. The lowest BCUT2D eigenvalue weighted by molar-refractivity contribution is 0.0765. The van der Waals surface area contributed by atoms with Crippen LogP contribution in [0.3, 0.4) is 0 Å². The van der Waals surface area contributed by atoms with Crippen LogP contribution >= 0.6 is 0 Å². The number of fused-ring (bicyclic) bond motifs is 1. The monoisotopic (exact) mass is 546 g/mol. The van der Waals surface area contributed by atoms with E-state index in [0.29, 0.717) is 47.6 Å². The molecule has 0 bridgehead atoms. The molecule has 210 valence electrons. The second-order valence-corrected chi connectivity index (χ2v) is 10.1. The van der Waals surface area contributed by atoms with Crippen LogP contribution in [0, 0.1) is 6.92 Å². The van der Waals surface area contributed by atoms with Crippen molar-refractivity contribution in [2.75, 3.05) is 24.9 Å². The minimum Gasteiger partial charge on any atom is -0.497 e. The minimum absolute atomic E-state index is 0.161. The van der Waals surface area contributed by atoms with E-state index in [4.69, 9.17) is 19.4 Å². The van der Waals surface area contributed by atoms with Gasteiger partial charge in [-0.15, -0.1) is 0 Å². The molecule has 5 rings (SSSR count). The summed E-state index contributed by atoms with van der Waals surface area (Å²) in [5.41, 5.74) is 3.71. The number of benzene rings is 2. The van der Waals surface area contributed by atoms with Crippen molar-refractivity contribution in [3.8, 4) is 11.5 Å². The molecule has 1 aliphatic heterocycles. The predicted molar refractivity (Wildman–Crippen MR) is 150 cm³/mol. The minimum atomic E-state index is -1.05. The highest BCUT2D eigenvalue weighted by Gasteiger charge is 2.35. The Balaban J connectivity index is 1.47. The second-order valence-electron chi connectivity index (χ2n) is 10.1. The molecule has 2 amide bonds. The Bertz CT molecular complexity index is 1410. The number of aromatic nitrogens is 2. The van der Waals surface area contributed by atoms with Crippen LogP contribution in [-0.2, 0) is 13.1 Å². The van der Waals surface area contributed by atoms with Gasteiger partial charge in [0.15, 0.2) is 0 Å². The molecule has 0 spiro atoms. The molecular weight excluding hydrogens is 512 g/mol. The van der Waals surface area contributed by atoms with Crippen molar-refractivity contribution in [2.45, 2.75) is 57.8 Å². The fraction of sp³-hybridized carbons (Fsp3) is 0.379. The summed E-state index contributed by atoms with van der Waals surface area (Å²) < 4.78 is 10.9. The summed E-state index contributed by atoms with van der Waals surface area (Å²) in [7, 11) is 3.18. The first kappa shape index (κ1) is 27.0. The number of carbonyl (C=O) groups is 2. The number of ether oxygens (including phenoxy) is 2. The Morgan fingerprint density at radius 1 is 1.07 bits per heavy atom. The van der Waals surface area contributed by atoms with Gasteiger partial charge in [0.2, 0.25) is 5.95 Å². The van der Waals surface area contributed by atoms with E-state index in [1.807, 2.05) is 43.3 Å². The van der Waals surface area contributed by atoms with Gasteiger partial charge in [-0.2, -0.15) is 4.98 Å². The molecule has 2 heterocycles. The zero-order valence-corrected chi connectivity index (χ0v) is 22.9. The molecule has 1 aromatic heterocycles. The van der Waals surface area contributed by atoms with Gasteiger partial charge in [0.05, 0.1) is 39.0 Å². The number of hydrogen-bond donors (Lipinski definition) is 4. The zero-order chi connectivity index (χ0) is 28.2. The number of hydrogen-bond acceptors (Lipinski definition) is 8. The van der Waals surface area contributed by atoms with Crippen LogP contribution in [0.1, 0.15) is 52.9 Å². The Labute approximate surface area is 232 Å². The number of nitrogens with one attached hydrogen (secondary N) is 3. The normalized spacial score (nSPS) is 18.2. The number of anilines is 3. The first-order chi connectivity index (χ1) is 19.4. The number of aryl methyl sites for hydroxylation is 1. The van der Waals surface area contributed by atoms with E-state index >= 15 is 0 Å². The van der Waals surface area contributed by atoms with Crippen molar-refractivity contribution < 1.29 is 24.2 Å². The van der Waals surface area contributed by atoms with Gasteiger partial charge in [0, 0.05) is 23.4 Å². The average molecular weight is 547 g/mol. The standard InChI is InChI=1S/C29H34N6O5/c1-17-8-4-5-9-20(17)30-26-25-23(32-28(34-26)31-21-10-6-7-11-22(21)33-29(37)38)16-35(27(25)36)15-18-12-13-19(39-2)14-24(18)40-3/h4-5,8-9,12-14,21-22,33H,6-7,10-11,15-16H2,1-3H3,(H,37,38)(H2,30,31,32,34)/t21-,22+/m1/s1. The van der Waals surface area contributed by atoms with E-state index in [0.717, 1.165) is 42.5 Å². The van der Waals surface area contributed by atoms with E-state index in [-0.39, 0.29) is 18.0 Å². The molecule has 3 aromatic rings. The topological polar surface area (TPSA) is 138 Å². The highest BCUT2D eigenvalue weighted by Crippen LogP contribution is 2.34. The summed E-state index contributed by atoms with van der Waals surface area (Å²) in [6, 6.07) is 12.9. The maximum atomic E-state index is 13.7. The van der Waals surface area contributed by atoms with Crippen molar-refractivity contribution >= 4 is 29.5 Å². The quantitative estimate of drug-likeness (QED) is 0.301. The molecule has 0 radical (unpaired) electrons. The molecule has 2 aliphatic rings. The molecule has 40 heavy (non-hydrogen) atoms. The number of para-hydroxylation sites is 1. The van der Waals surface area contributed by atoms with Crippen LogP contribution in [0.2, 0.25) is 0 Å². The predicted octanol–water partition coefficient (Wildman–Crippen LogP) is 4.69. The molecular formula is C29H34N6O5. The summed E-state index contributed by atoms with van der Waals surface area (Å²) >= 11 is 0. The van der Waals surface area contributed by atoms with Gasteiger partial charge in [-0.3, -0.25) is 4.79 Å². The van der Waals surface area contributed by atoms with Crippen LogP contribution in [0.25, 0.3) is 0 Å². The fourth-order valence-electron chi connectivity index (χ4n) is 5.37. The average Bonchev–Trinajstić information content (AvgIpc) is 3.25. The molecule has 2 atom stereocenters. The van der Waals surface area contributed by atoms with Gasteiger partial charge in [0.25, 0.3) is 5.91 Å². The van der Waals surface area contributed by atoms with Gasteiger partial charge < -0.3 is 35.4 Å². The Kier molecular flexibility index (Phi) is 7.90. The van der Waals surface area contributed by atoms with E-state index in [9.17, 15) is 14.7 Å². The first-order valence-electron chi connectivity index (χ1n) is 13.4. The summed E-state index contributed by atoms with van der Waals surface area (Å²) in [4.78, 5) is 36.3. The maximum absolute atomic E-state index is 13.7. The highest BCUT2D eigenvalue weighted by molar-refractivity contribution is 6.03. The van der Waals surface area contributed by atoms with Gasteiger partial charge in [-0.25, -0.2) is 9.78 Å². The molecule has 4 N–H and O–H groups in total. The number of amides is 2.